The van der Waals surface area contributed by atoms with Gasteiger partial charge in [-0.25, -0.2) is 0 Å². The van der Waals surface area contributed by atoms with Crippen LogP contribution in [-0.4, -0.2) is 34.1 Å². The fraction of sp³-hybridized carbons (Fsp3) is 0.786. The first-order chi connectivity index (χ1) is 9.06. The average molecular weight is 281 g/mol. The standard InChI is InChI=1S/C14H23N3OS/c1-10(2)6-7-12-5-4-8-17(9-12)14(18)13-16-15-11(3)19-13/h10,12H,4-9H2,1-3H3. The predicted molar refractivity (Wildman–Crippen MR) is 77.3 cm³/mol. The van der Waals surface area contributed by atoms with Crippen LogP contribution in [0.4, 0.5) is 0 Å². The molecule has 0 N–H and O–H groups in total. The molecule has 2 rings (SSSR count). The number of piperidine rings is 1. The lowest BCUT2D eigenvalue weighted by atomic mass is 9.91. The summed E-state index contributed by atoms with van der Waals surface area (Å²) in [6.45, 7) is 8.17. The summed E-state index contributed by atoms with van der Waals surface area (Å²) in [4.78, 5) is 14.3. The van der Waals surface area contributed by atoms with Gasteiger partial charge in [0.25, 0.3) is 5.91 Å². The maximum Gasteiger partial charge on any atom is 0.284 e. The van der Waals surface area contributed by atoms with E-state index in [9.17, 15) is 4.79 Å². The Hall–Kier alpha value is -0.970. The molecule has 0 spiro atoms. The van der Waals surface area contributed by atoms with Gasteiger partial charge in [-0.1, -0.05) is 31.6 Å². The largest absolute Gasteiger partial charge is 0.336 e. The lowest BCUT2D eigenvalue weighted by Gasteiger charge is -2.32. The number of rotatable bonds is 4. The van der Waals surface area contributed by atoms with Crippen molar-refractivity contribution in [3.63, 3.8) is 0 Å². The zero-order valence-corrected chi connectivity index (χ0v) is 12.9. The zero-order valence-electron chi connectivity index (χ0n) is 12.1. The van der Waals surface area contributed by atoms with Gasteiger partial charge in [-0.05, 0) is 38.0 Å². The average Bonchev–Trinajstić information content (AvgIpc) is 2.82. The van der Waals surface area contributed by atoms with Gasteiger partial charge in [-0.15, -0.1) is 10.2 Å². The molecule has 0 saturated carbocycles. The minimum Gasteiger partial charge on any atom is -0.336 e. The molecule has 0 aromatic carbocycles. The maximum absolute atomic E-state index is 12.3. The van der Waals surface area contributed by atoms with Crippen molar-refractivity contribution in [2.75, 3.05) is 13.1 Å². The summed E-state index contributed by atoms with van der Waals surface area (Å²) in [6, 6.07) is 0. The molecule has 1 fully saturated rings. The molecule has 0 aliphatic carbocycles. The van der Waals surface area contributed by atoms with E-state index in [1.807, 2.05) is 11.8 Å². The van der Waals surface area contributed by atoms with E-state index in [1.165, 1.54) is 30.6 Å². The van der Waals surface area contributed by atoms with Crippen molar-refractivity contribution < 1.29 is 4.79 Å². The Morgan fingerprint density at radius 2 is 2.26 bits per heavy atom. The molecule has 19 heavy (non-hydrogen) atoms. The van der Waals surface area contributed by atoms with Crippen molar-refractivity contribution in [1.82, 2.24) is 15.1 Å². The van der Waals surface area contributed by atoms with Crippen LogP contribution in [0.1, 0.15) is 54.3 Å². The van der Waals surface area contributed by atoms with Gasteiger partial charge in [0.2, 0.25) is 5.01 Å². The second kappa shape index (κ2) is 6.46. The summed E-state index contributed by atoms with van der Waals surface area (Å²) in [5.41, 5.74) is 0. The number of aromatic nitrogens is 2. The molecule has 0 radical (unpaired) electrons. The Labute approximate surface area is 119 Å². The van der Waals surface area contributed by atoms with E-state index in [2.05, 4.69) is 24.0 Å². The lowest BCUT2D eigenvalue weighted by molar-refractivity contribution is 0.0663. The van der Waals surface area contributed by atoms with Gasteiger partial charge in [0, 0.05) is 13.1 Å². The zero-order chi connectivity index (χ0) is 13.8. The summed E-state index contributed by atoms with van der Waals surface area (Å²) >= 11 is 1.40. The smallest absolute Gasteiger partial charge is 0.284 e. The minimum absolute atomic E-state index is 0.0693. The van der Waals surface area contributed by atoms with E-state index < -0.39 is 0 Å². The van der Waals surface area contributed by atoms with Crippen molar-refractivity contribution in [3.8, 4) is 0 Å². The molecule has 1 aromatic heterocycles. The highest BCUT2D eigenvalue weighted by Crippen LogP contribution is 2.24. The molecule has 1 amide bonds. The van der Waals surface area contributed by atoms with Gasteiger partial charge in [0.1, 0.15) is 5.01 Å². The van der Waals surface area contributed by atoms with Crippen LogP contribution in [0.5, 0.6) is 0 Å². The molecular formula is C14H23N3OS. The van der Waals surface area contributed by atoms with Gasteiger partial charge >= 0.3 is 0 Å². The Bertz CT molecular complexity index is 430. The maximum atomic E-state index is 12.3. The quantitative estimate of drug-likeness (QED) is 0.851. The normalized spacial score (nSPS) is 20.0. The number of carbonyl (C=O) groups excluding carboxylic acids is 1. The predicted octanol–water partition coefficient (Wildman–Crippen LogP) is 3.13. The SMILES string of the molecule is Cc1nnc(C(=O)N2CCCC(CCC(C)C)C2)s1. The molecule has 2 heterocycles. The lowest BCUT2D eigenvalue weighted by Crippen LogP contribution is -2.40. The third kappa shape index (κ3) is 4.00. The van der Waals surface area contributed by atoms with E-state index in [0.717, 1.165) is 30.4 Å². The molecule has 1 atom stereocenters. The highest BCUT2D eigenvalue weighted by Gasteiger charge is 2.26. The van der Waals surface area contributed by atoms with Crippen molar-refractivity contribution >= 4 is 17.2 Å². The van der Waals surface area contributed by atoms with Gasteiger partial charge in [0.15, 0.2) is 0 Å². The number of hydrogen-bond acceptors (Lipinski definition) is 4. The summed E-state index contributed by atoms with van der Waals surface area (Å²) in [5.74, 6) is 1.48. The number of carbonyl (C=O) groups is 1. The molecule has 1 aliphatic heterocycles. The molecule has 1 saturated heterocycles. The summed E-state index contributed by atoms with van der Waals surface area (Å²) in [7, 11) is 0. The number of nitrogens with zero attached hydrogens (tertiary/aromatic N) is 3. The third-order valence-electron chi connectivity index (χ3n) is 3.67. The highest BCUT2D eigenvalue weighted by atomic mass is 32.1. The van der Waals surface area contributed by atoms with Crippen LogP contribution in [0.3, 0.4) is 0 Å². The molecule has 1 unspecified atom stereocenters. The fourth-order valence-corrected chi connectivity index (χ4v) is 3.23. The molecule has 5 heteroatoms. The van der Waals surface area contributed by atoms with Crippen LogP contribution < -0.4 is 0 Å². The molecule has 1 aromatic rings. The fourth-order valence-electron chi connectivity index (χ4n) is 2.57. The van der Waals surface area contributed by atoms with Gasteiger partial charge in [-0.2, -0.15) is 0 Å². The van der Waals surface area contributed by atoms with Gasteiger partial charge in [0.05, 0.1) is 0 Å². The van der Waals surface area contributed by atoms with Crippen LogP contribution in [0.2, 0.25) is 0 Å². The van der Waals surface area contributed by atoms with E-state index in [1.54, 1.807) is 0 Å². The van der Waals surface area contributed by atoms with E-state index in [-0.39, 0.29) is 5.91 Å². The van der Waals surface area contributed by atoms with Crippen molar-refractivity contribution in [2.24, 2.45) is 11.8 Å². The van der Waals surface area contributed by atoms with E-state index >= 15 is 0 Å². The first-order valence-corrected chi connectivity index (χ1v) is 7.97. The van der Waals surface area contributed by atoms with Crippen molar-refractivity contribution in [3.05, 3.63) is 10.0 Å². The van der Waals surface area contributed by atoms with Crippen molar-refractivity contribution in [1.29, 1.82) is 0 Å². The molecule has 1 aliphatic rings. The number of hydrogen-bond donors (Lipinski definition) is 0. The third-order valence-corrected chi connectivity index (χ3v) is 4.49. The molecule has 0 bridgehead atoms. The van der Waals surface area contributed by atoms with Crippen LogP contribution in [0.15, 0.2) is 0 Å². The second-order valence-electron chi connectivity index (χ2n) is 5.86. The second-order valence-corrected chi connectivity index (χ2v) is 7.04. The number of aryl methyl sites for hydroxylation is 1. The van der Waals surface area contributed by atoms with E-state index in [0.29, 0.717) is 10.9 Å². The van der Waals surface area contributed by atoms with E-state index in [4.69, 9.17) is 0 Å². The van der Waals surface area contributed by atoms with Crippen LogP contribution in [-0.2, 0) is 0 Å². The Balaban J connectivity index is 1.91. The Morgan fingerprint density at radius 3 is 2.89 bits per heavy atom. The van der Waals surface area contributed by atoms with Gasteiger partial charge < -0.3 is 4.90 Å². The Kier molecular flexibility index (Phi) is 4.91. The number of amides is 1. The first kappa shape index (κ1) is 14.4. The Morgan fingerprint density at radius 1 is 1.47 bits per heavy atom. The summed E-state index contributed by atoms with van der Waals surface area (Å²) in [5, 5.41) is 9.30. The molecular weight excluding hydrogens is 258 g/mol. The van der Waals surface area contributed by atoms with Gasteiger partial charge in [-0.3, -0.25) is 4.79 Å². The highest BCUT2D eigenvalue weighted by molar-refractivity contribution is 7.13. The summed E-state index contributed by atoms with van der Waals surface area (Å²) < 4.78 is 0. The topological polar surface area (TPSA) is 46.1 Å². The van der Waals surface area contributed by atoms with Crippen LogP contribution in [0, 0.1) is 18.8 Å². The monoisotopic (exact) mass is 281 g/mol. The molecule has 106 valence electrons. The minimum atomic E-state index is 0.0693. The summed E-state index contributed by atoms with van der Waals surface area (Å²) in [6.07, 6.45) is 4.86. The number of likely N-dealkylation sites (tertiary alicyclic amines) is 1. The van der Waals surface area contributed by atoms with Crippen LogP contribution in [0.25, 0.3) is 0 Å². The molecule has 4 nitrogen and oxygen atoms in total. The van der Waals surface area contributed by atoms with Crippen molar-refractivity contribution in [2.45, 2.75) is 46.5 Å². The van der Waals surface area contributed by atoms with Crippen LogP contribution >= 0.6 is 11.3 Å². The first-order valence-electron chi connectivity index (χ1n) is 7.15.